The molecular weight excluding hydrogens is 356 g/mol. The minimum atomic E-state index is -1.47. The summed E-state index contributed by atoms with van der Waals surface area (Å²) in [7, 11) is 0. The molecule has 1 unspecified atom stereocenters. The fourth-order valence-corrected chi connectivity index (χ4v) is 4.99. The van der Waals surface area contributed by atoms with Gasteiger partial charge < -0.3 is 16.4 Å². The number of Topliss-reactive ketones (excluding diaryl/α,β-unsaturated/α-hetero) is 2. The molecule has 5 rings (SSSR count). The van der Waals surface area contributed by atoms with Gasteiger partial charge in [0.2, 0.25) is 5.91 Å². The van der Waals surface area contributed by atoms with Gasteiger partial charge >= 0.3 is 0 Å². The van der Waals surface area contributed by atoms with Crippen LogP contribution in [-0.2, 0) is 19.8 Å². The van der Waals surface area contributed by atoms with Gasteiger partial charge in [0.25, 0.3) is 0 Å². The lowest BCUT2D eigenvalue weighted by atomic mass is 9.60. The highest BCUT2D eigenvalue weighted by molar-refractivity contribution is 6.26. The molecule has 3 heterocycles. The number of amidine groups is 1. The number of anilines is 1. The van der Waals surface area contributed by atoms with E-state index in [1.54, 1.807) is 12.1 Å². The van der Waals surface area contributed by atoms with Crippen LogP contribution in [0.25, 0.3) is 0 Å². The fourth-order valence-electron chi connectivity index (χ4n) is 4.99. The van der Waals surface area contributed by atoms with Crippen molar-refractivity contribution in [3.63, 3.8) is 0 Å². The average molecular weight is 376 g/mol. The second kappa shape index (κ2) is 5.19. The van der Waals surface area contributed by atoms with Gasteiger partial charge in [-0.05, 0) is 17.9 Å². The zero-order valence-electron chi connectivity index (χ0n) is 15.7. The third-order valence-electron chi connectivity index (χ3n) is 5.93. The van der Waals surface area contributed by atoms with Crippen LogP contribution < -0.4 is 16.4 Å². The number of allylic oxidation sites excluding steroid dienone is 1. The molecule has 0 radical (unpaired) electrons. The third kappa shape index (κ3) is 1.99. The lowest BCUT2D eigenvalue weighted by Gasteiger charge is -2.44. The summed E-state index contributed by atoms with van der Waals surface area (Å²) in [4.78, 5) is 44.2. The summed E-state index contributed by atoms with van der Waals surface area (Å²) in [5.41, 5.74) is 6.62. The minimum Gasteiger partial charge on any atom is -0.387 e. The first-order valence-corrected chi connectivity index (χ1v) is 9.30. The Morgan fingerprint density at radius 1 is 1.00 bits per heavy atom. The molecular formula is C21H20N4O3. The highest BCUT2D eigenvalue weighted by atomic mass is 16.2. The molecule has 1 amide bonds. The number of rotatable bonds is 0. The van der Waals surface area contributed by atoms with E-state index >= 15 is 0 Å². The molecule has 3 aliphatic heterocycles. The smallest absolute Gasteiger partial charge is 0.244 e. The Kier molecular flexibility index (Phi) is 3.13. The normalized spacial score (nSPS) is 27.8. The molecule has 1 aromatic carbocycles. The largest absolute Gasteiger partial charge is 0.387 e. The molecule has 142 valence electrons. The Morgan fingerprint density at radius 3 is 2.54 bits per heavy atom. The summed E-state index contributed by atoms with van der Waals surface area (Å²) < 4.78 is 0. The molecule has 28 heavy (non-hydrogen) atoms. The Balaban J connectivity index is 1.89. The highest BCUT2D eigenvalue weighted by Crippen LogP contribution is 2.55. The maximum atomic E-state index is 13.5. The first-order chi connectivity index (χ1) is 13.2. The first-order valence-electron chi connectivity index (χ1n) is 9.30. The molecule has 0 saturated carbocycles. The molecule has 1 aromatic rings. The molecule has 4 aliphatic rings. The molecule has 7 nitrogen and oxygen atoms in total. The number of nitrogens with one attached hydrogen (secondary N) is 2. The molecule has 1 aliphatic carbocycles. The summed E-state index contributed by atoms with van der Waals surface area (Å²) in [6.07, 6.45) is 0.818. The number of fused-ring (bicyclic) bond motifs is 4. The SMILES string of the molecule is CC1(C)CC(=O)C2=C(C1)NC1=C(C(=O)CC(N)=N1)C21C(=O)Nc2ccccc21. The van der Waals surface area contributed by atoms with E-state index in [1.807, 2.05) is 26.0 Å². The van der Waals surface area contributed by atoms with E-state index in [9.17, 15) is 14.4 Å². The van der Waals surface area contributed by atoms with Crippen LogP contribution in [0.2, 0.25) is 0 Å². The van der Waals surface area contributed by atoms with E-state index < -0.39 is 5.41 Å². The van der Waals surface area contributed by atoms with E-state index in [0.717, 1.165) is 0 Å². The van der Waals surface area contributed by atoms with Crippen molar-refractivity contribution in [1.29, 1.82) is 0 Å². The van der Waals surface area contributed by atoms with Crippen molar-refractivity contribution in [2.75, 3.05) is 5.32 Å². The number of dihydropyridines is 1. The number of amides is 1. The van der Waals surface area contributed by atoms with Crippen molar-refractivity contribution in [1.82, 2.24) is 5.32 Å². The second-order valence-corrected chi connectivity index (χ2v) is 8.60. The Labute approximate surface area is 161 Å². The number of carbonyl (C=O) groups excluding carboxylic acids is 3. The molecule has 0 bridgehead atoms. The van der Waals surface area contributed by atoms with Gasteiger partial charge in [0.15, 0.2) is 11.6 Å². The molecule has 0 fully saturated rings. The number of hydrogen-bond acceptors (Lipinski definition) is 6. The van der Waals surface area contributed by atoms with Crippen molar-refractivity contribution >= 4 is 29.0 Å². The quantitative estimate of drug-likeness (QED) is 0.637. The van der Waals surface area contributed by atoms with Gasteiger partial charge in [-0.3, -0.25) is 14.4 Å². The lowest BCUT2D eigenvalue weighted by Crippen LogP contribution is -2.53. The van der Waals surface area contributed by atoms with Gasteiger partial charge in [-0.2, -0.15) is 0 Å². The average Bonchev–Trinajstić information content (AvgIpc) is 2.85. The molecule has 7 heteroatoms. The van der Waals surface area contributed by atoms with Crippen LogP contribution in [0, 0.1) is 5.41 Å². The van der Waals surface area contributed by atoms with Gasteiger partial charge in [0.05, 0.1) is 12.0 Å². The zero-order valence-corrected chi connectivity index (χ0v) is 15.7. The van der Waals surface area contributed by atoms with Crippen molar-refractivity contribution in [3.8, 4) is 0 Å². The summed E-state index contributed by atoms with van der Waals surface area (Å²) in [6.45, 7) is 4.03. The van der Waals surface area contributed by atoms with Crippen LogP contribution in [-0.4, -0.2) is 23.3 Å². The van der Waals surface area contributed by atoms with Crippen molar-refractivity contribution in [2.24, 2.45) is 16.1 Å². The maximum absolute atomic E-state index is 13.5. The van der Waals surface area contributed by atoms with Gasteiger partial charge in [0, 0.05) is 28.9 Å². The highest BCUT2D eigenvalue weighted by Gasteiger charge is 2.61. The lowest BCUT2D eigenvalue weighted by molar-refractivity contribution is -0.125. The fraction of sp³-hybridized carbons (Fsp3) is 0.333. The molecule has 0 aromatic heterocycles. The second-order valence-electron chi connectivity index (χ2n) is 8.60. The number of para-hydroxylation sites is 1. The number of nitrogens with zero attached hydrogens (tertiary/aromatic N) is 1. The summed E-state index contributed by atoms with van der Waals surface area (Å²) >= 11 is 0. The third-order valence-corrected chi connectivity index (χ3v) is 5.93. The number of ketones is 2. The van der Waals surface area contributed by atoms with Crippen LogP contribution in [0.1, 0.15) is 38.7 Å². The Hall–Kier alpha value is -3.22. The topological polar surface area (TPSA) is 114 Å². The van der Waals surface area contributed by atoms with Crippen LogP contribution in [0.3, 0.4) is 0 Å². The maximum Gasteiger partial charge on any atom is 0.244 e. The first kappa shape index (κ1) is 16.9. The number of carbonyl (C=O) groups is 3. The van der Waals surface area contributed by atoms with Crippen LogP contribution >= 0.6 is 0 Å². The molecule has 1 atom stereocenters. The number of aliphatic imine (C=N–C) groups is 1. The van der Waals surface area contributed by atoms with Gasteiger partial charge in [0.1, 0.15) is 17.1 Å². The van der Waals surface area contributed by atoms with Crippen molar-refractivity contribution in [3.05, 3.63) is 52.5 Å². The van der Waals surface area contributed by atoms with Crippen molar-refractivity contribution < 1.29 is 14.4 Å². The molecule has 4 N–H and O–H groups in total. The summed E-state index contributed by atoms with van der Waals surface area (Å²) in [5, 5.41) is 6.05. The molecule has 0 saturated heterocycles. The van der Waals surface area contributed by atoms with Gasteiger partial charge in [-0.15, -0.1) is 0 Å². The van der Waals surface area contributed by atoms with E-state index in [2.05, 4.69) is 15.6 Å². The van der Waals surface area contributed by atoms with Crippen LogP contribution in [0.5, 0.6) is 0 Å². The van der Waals surface area contributed by atoms with Crippen LogP contribution in [0.4, 0.5) is 5.69 Å². The summed E-state index contributed by atoms with van der Waals surface area (Å²) in [5.74, 6) is -0.306. The van der Waals surface area contributed by atoms with E-state index in [4.69, 9.17) is 5.73 Å². The van der Waals surface area contributed by atoms with Gasteiger partial charge in [-0.25, -0.2) is 4.99 Å². The van der Waals surface area contributed by atoms with Crippen molar-refractivity contribution in [2.45, 2.75) is 38.5 Å². The van der Waals surface area contributed by atoms with Crippen LogP contribution in [0.15, 0.2) is 51.9 Å². The predicted octanol–water partition coefficient (Wildman–Crippen LogP) is 1.66. The monoisotopic (exact) mass is 376 g/mol. The summed E-state index contributed by atoms with van der Waals surface area (Å²) in [6, 6.07) is 7.21. The Bertz CT molecular complexity index is 1090. The number of benzene rings is 1. The minimum absolute atomic E-state index is 0.0694. The predicted molar refractivity (Wildman–Crippen MR) is 103 cm³/mol. The van der Waals surface area contributed by atoms with E-state index in [0.29, 0.717) is 35.4 Å². The Morgan fingerprint density at radius 2 is 1.75 bits per heavy atom. The number of hydrogen-bond donors (Lipinski definition) is 3. The zero-order chi connectivity index (χ0) is 19.8. The number of nitrogens with two attached hydrogens (primary N) is 1. The molecule has 1 spiro atoms. The van der Waals surface area contributed by atoms with E-state index in [-0.39, 0.29) is 46.5 Å². The van der Waals surface area contributed by atoms with Gasteiger partial charge in [-0.1, -0.05) is 32.0 Å². The van der Waals surface area contributed by atoms with E-state index in [1.165, 1.54) is 0 Å². The standard InChI is InChI=1S/C21H20N4O3/c1-20(2)8-12-16(14(27)9-20)21(10-5-3-4-6-11(10)24-19(21)28)17-13(26)7-15(22)25-18(17)23-12/h3-6,23H,7-9H2,1-2H3,(H2,22,25)(H,24,28).